The van der Waals surface area contributed by atoms with E-state index in [1.54, 1.807) is 6.07 Å². The second-order valence-corrected chi connectivity index (χ2v) is 4.32. The lowest BCUT2D eigenvalue weighted by Crippen LogP contribution is -2.29. The van der Waals surface area contributed by atoms with E-state index in [1.807, 2.05) is 0 Å². The number of carbonyl (C=O) groups is 1. The third-order valence-electron chi connectivity index (χ3n) is 3.15. The summed E-state index contributed by atoms with van der Waals surface area (Å²) in [4.78, 5) is 23.3. The van der Waals surface area contributed by atoms with E-state index in [0.29, 0.717) is 0 Å². The predicted octanol–water partition coefficient (Wildman–Crippen LogP) is 1.39. The molecule has 0 amide bonds. The van der Waals surface area contributed by atoms with E-state index in [1.165, 1.54) is 23.4 Å². The normalized spacial score (nSPS) is 17.2. The molecule has 0 aromatic carbocycles. The lowest BCUT2D eigenvalue weighted by molar-refractivity contribution is -0.124. The van der Waals surface area contributed by atoms with E-state index < -0.39 is 0 Å². The zero-order valence-electron chi connectivity index (χ0n) is 9.26. The monoisotopic (exact) mass is 220 g/mol. The Balaban J connectivity index is 2.01. The van der Waals surface area contributed by atoms with Crippen molar-refractivity contribution in [3.8, 4) is 0 Å². The van der Waals surface area contributed by atoms with Crippen molar-refractivity contribution in [2.24, 2.45) is 5.92 Å². The highest BCUT2D eigenvalue weighted by molar-refractivity contribution is 5.80. The zero-order chi connectivity index (χ0) is 11.4. The minimum atomic E-state index is -0.202. The molecule has 0 aliphatic heterocycles. The Morgan fingerprint density at radius 2 is 2.12 bits per heavy atom. The molecular formula is C12H16N2O2. The van der Waals surface area contributed by atoms with Gasteiger partial charge >= 0.3 is 0 Å². The van der Waals surface area contributed by atoms with Crippen molar-refractivity contribution >= 4 is 5.78 Å². The standard InChI is InChI=1S/C12H16N2O2/c15-11(10-5-2-1-3-6-10)9-14-12(16)7-4-8-13-14/h4,7-8,10H,1-3,5-6,9H2. The molecule has 1 fully saturated rings. The minimum Gasteiger partial charge on any atom is -0.297 e. The van der Waals surface area contributed by atoms with Crippen molar-refractivity contribution < 1.29 is 4.79 Å². The first-order valence-electron chi connectivity index (χ1n) is 5.82. The third kappa shape index (κ3) is 2.56. The van der Waals surface area contributed by atoms with Crippen LogP contribution in [0.3, 0.4) is 0 Å². The van der Waals surface area contributed by atoms with E-state index in [-0.39, 0.29) is 23.8 Å². The molecule has 0 spiro atoms. The minimum absolute atomic E-state index is 0.129. The summed E-state index contributed by atoms with van der Waals surface area (Å²) in [6.07, 6.45) is 6.98. The van der Waals surface area contributed by atoms with Crippen molar-refractivity contribution in [1.29, 1.82) is 0 Å². The number of hydrogen-bond donors (Lipinski definition) is 0. The van der Waals surface area contributed by atoms with Gasteiger partial charge in [0.15, 0.2) is 5.78 Å². The predicted molar refractivity (Wildman–Crippen MR) is 60.1 cm³/mol. The van der Waals surface area contributed by atoms with Gasteiger partial charge in [0.1, 0.15) is 6.54 Å². The Hall–Kier alpha value is -1.45. The van der Waals surface area contributed by atoms with Gasteiger partial charge in [-0.15, -0.1) is 0 Å². The van der Waals surface area contributed by atoms with Gasteiger partial charge in [0, 0.05) is 18.2 Å². The number of Topliss-reactive ketones (excluding diaryl/α,β-unsaturated/α-hetero) is 1. The molecule has 0 N–H and O–H groups in total. The number of aromatic nitrogens is 2. The van der Waals surface area contributed by atoms with Crippen molar-refractivity contribution in [3.63, 3.8) is 0 Å². The fourth-order valence-electron chi connectivity index (χ4n) is 2.21. The molecule has 1 heterocycles. The SMILES string of the molecule is O=C(Cn1ncccc1=O)C1CCCCC1. The second kappa shape index (κ2) is 5.05. The third-order valence-corrected chi connectivity index (χ3v) is 3.15. The highest BCUT2D eigenvalue weighted by atomic mass is 16.1. The molecule has 16 heavy (non-hydrogen) atoms. The Morgan fingerprint density at radius 3 is 2.81 bits per heavy atom. The molecule has 0 saturated heterocycles. The van der Waals surface area contributed by atoms with Crippen LogP contribution in [0.2, 0.25) is 0 Å². The average molecular weight is 220 g/mol. The summed E-state index contributed by atoms with van der Waals surface area (Å²) in [5, 5.41) is 3.90. The van der Waals surface area contributed by atoms with Crippen LogP contribution >= 0.6 is 0 Å². The van der Waals surface area contributed by atoms with Crippen LogP contribution in [0.4, 0.5) is 0 Å². The second-order valence-electron chi connectivity index (χ2n) is 4.32. The molecule has 0 unspecified atom stereocenters. The number of nitrogens with zero attached hydrogens (tertiary/aromatic N) is 2. The van der Waals surface area contributed by atoms with Gasteiger partial charge < -0.3 is 0 Å². The fraction of sp³-hybridized carbons (Fsp3) is 0.583. The molecule has 4 heteroatoms. The Morgan fingerprint density at radius 1 is 1.38 bits per heavy atom. The summed E-state index contributed by atoms with van der Waals surface area (Å²) in [5.41, 5.74) is -0.202. The number of rotatable bonds is 3. The number of ketones is 1. The molecule has 0 radical (unpaired) electrons. The first kappa shape index (κ1) is 11.0. The van der Waals surface area contributed by atoms with Gasteiger partial charge in [0.25, 0.3) is 5.56 Å². The van der Waals surface area contributed by atoms with Gasteiger partial charge in [0.2, 0.25) is 0 Å². The Labute approximate surface area is 94.3 Å². The molecule has 1 aromatic rings. The molecule has 0 atom stereocenters. The maximum atomic E-state index is 11.9. The molecule has 4 nitrogen and oxygen atoms in total. The number of carbonyl (C=O) groups excluding carboxylic acids is 1. The van der Waals surface area contributed by atoms with Gasteiger partial charge in [-0.3, -0.25) is 9.59 Å². The Kier molecular flexibility index (Phi) is 3.49. The van der Waals surface area contributed by atoms with Crippen LogP contribution in [0.25, 0.3) is 0 Å². The van der Waals surface area contributed by atoms with Gasteiger partial charge in [0.05, 0.1) is 0 Å². The van der Waals surface area contributed by atoms with E-state index in [4.69, 9.17) is 0 Å². The molecule has 1 aliphatic carbocycles. The van der Waals surface area contributed by atoms with Crippen molar-refractivity contribution in [2.75, 3.05) is 0 Å². The van der Waals surface area contributed by atoms with Gasteiger partial charge in [-0.2, -0.15) is 5.10 Å². The average Bonchev–Trinajstić information content (AvgIpc) is 2.33. The quantitative estimate of drug-likeness (QED) is 0.773. The fourth-order valence-corrected chi connectivity index (χ4v) is 2.21. The largest absolute Gasteiger partial charge is 0.297 e. The Bertz CT molecular complexity index is 419. The number of hydrogen-bond acceptors (Lipinski definition) is 3. The summed E-state index contributed by atoms with van der Waals surface area (Å²) in [5.74, 6) is 0.295. The van der Waals surface area contributed by atoms with Crippen LogP contribution in [0.15, 0.2) is 23.1 Å². The summed E-state index contributed by atoms with van der Waals surface area (Å²) >= 11 is 0. The van der Waals surface area contributed by atoms with Gasteiger partial charge in [-0.25, -0.2) is 4.68 Å². The molecule has 1 saturated carbocycles. The molecule has 86 valence electrons. The maximum Gasteiger partial charge on any atom is 0.267 e. The maximum absolute atomic E-state index is 11.9. The van der Waals surface area contributed by atoms with E-state index in [9.17, 15) is 9.59 Å². The smallest absolute Gasteiger partial charge is 0.267 e. The van der Waals surface area contributed by atoms with Crippen LogP contribution in [0.1, 0.15) is 32.1 Å². The summed E-state index contributed by atoms with van der Waals surface area (Å²) < 4.78 is 1.25. The molecular weight excluding hydrogens is 204 g/mol. The van der Waals surface area contributed by atoms with Crippen LogP contribution in [-0.2, 0) is 11.3 Å². The highest BCUT2D eigenvalue weighted by Gasteiger charge is 2.21. The van der Waals surface area contributed by atoms with Gasteiger partial charge in [-0.05, 0) is 18.9 Å². The summed E-state index contributed by atoms with van der Waals surface area (Å²) in [6, 6.07) is 3.02. The van der Waals surface area contributed by atoms with Crippen molar-refractivity contribution in [3.05, 3.63) is 28.7 Å². The molecule has 1 aliphatic rings. The van der Waals surface area contributed by atoms with E-state index in [2.05, 4.69) is 5.10 Å². The molecule has 2 rings (SSSR count). The van der Waals surface area contributed by atoms with Crippen molar-refractivity contribution in [2.45, 2.75) is 38.6 Å². The van der Waals surface area contributed by atoms with Crippen LogP contribution in [0.5, 0.6) is 0 Å². The van der Waals surface area contributed by atoms with Gasteiger partial charge in [-0.1, -0.05) is 19.3 Å². The van der Waals surface area contributed by atoms with Crippen LogP contribution in [-0.4, -0.2) is 15.6 Å². The van der Waals surface area contributed by atoms with Crippen LogP contribution < -0.4 is 5.56 Å². The summed E-state index contributed by atoms with van der Waals surface area (Å²) in [7, 11) is 0. The highest BCUT2D eigenvalue weighted by Crippen LogP contribution is 2.24. The zero-order valence-corrected chi connectivity index (χ0v) is 9.26. The first-order valence-corrected chi connectivity index (χ1v) is 5.82. The van der Waals surface area contributed by atoms with E-state index in [0.717, 1.165) is 25.7 Å². The van der Waals surface area contributed by atoms with Crippen molar-refractivity contribution in [1.82, 2.24) is 9.78 Å². The van der Waals surface area contributed by atoms with Crippen LogP contribution in [0, 0.1) is 5.92 Å². The molecule has 0 bridgehead atoms. The first-order chi connectivity index (χ1) is 7.77. The lowest BCUT2D eigenvalue weighted by atomic mass is 9.86. The summed E-state index contributed by atoms with van der Waals surface area (Å²) in [6.45, 7) is 0.129. The van der Waals surface area contributed by atoms with E-state index >= 15 is 0 Å². The molecule has 1 aromatic heterocycles. The lowest BCUT2D eigenvalue weighted by Gasteiger charge is -2.20. The topological polar surface area (TPSA) is 52.0 Å².